The summed E-state index contributed by atoms with van der Waals surface area (Å²) >= 11 is 0. The highest BCUT2D eigenvalue weighted by atomic mass is 32.2. The zero-order valence-corrected chi connectivity index (χ0v) is 17.8. The van der Waals surface area contributed by atoms with Crippen LogP contribution in [0, 0.1) is 5.92 Å². The minimum Gasteiger partial charge on any atom is -0.494 e. The van der Waals surface area contributed by atoms with Crippen molar-refractivity contribution in [2.24, 2.45) is 10.3 Å². The van der Waals surface area contributed by atoms with Crippen LogP contribution in [0.4, 0.5) is 11.4 Å². The molecule has 0 fully saturated rings. The summed E-state index contributed by atoms with van der Waals surface area (Å²) in [6.45, 7) is 8.87. The van der Waals surface area contributed by atoms with Gasteiger partial charge in [0, 0.05) is 17.8 Å². The molecule has 0 unspecified atom stereocenters. The van der Waals surface area contributed by atoms with Crippen molar-refractivity contribution in [1.29, 1.82) is 0 Å². The second-order valence-corrected chi connectivity index (χ2v) is 8.78. The molecule has 1 heterocycles. The van der Waals surface area contributed by atoms with Crippen LogP contribution in [-0.4, -0.2) is 33.3 Å². The summed E-state index contributed by atoms with van der Waals surface area (Å²) in [7, 11) is -3.85. The predicted octanol–water partition coefficient (Wildman–Crippen LogP) is 3.92. The number of amides is 1. The quantitative estimate of drug-likeness (QED) is 0.773. The van der Waals surface area contributed by atoms with Crippen molar-refractivity contribution >= 4 is 33.1 Å². The normalized spacial score (nSPS) is 14.9. The van der Waals surface area contributed by atoms with Gasteiger partial charge in [0.1, 0.15) is 16.5 Å². The first-order valence-corrected chi connectivity index (χ1v) is 10.9. The SMILES string of the molecule is CCOc1ccc(NC(=O)c2ccc3c(c2)S(=O)(=O)N=C(C)N3CC(C)C)cc1. The van der Waals surface area contributed by atoms with Gasteiger partial charge in [-0.3, -0.25) is 4.79 Å². The van der Waals surface area contributed by atoms with Crippen molar-refractivity contribution in [3.8, 4) is 5.75 Å². The number of nitrogens with zero attached hydrogens (tertiary/aromatic N) is 2. The molecule has 1 aliphatic heterocycles. The number of sulfonamides is 1. The Bertz CT molecular complexity index is 1040. The molecule has 154 valence electrons. The number of fused-ring (bicyclic) bond motifs is 1. The first-order chi connectivity index (χ1) is 13.7. The molecule has 3 rings (SSSR count). The molecule has 8 heteroatoms. The highest BCUT2D eigenvalue weighted by Gasteiger charge is 2.30. The van der Waals surface area contributed by atoms with Crippen LogP contribution in [0.25, 0.3) is 0 Å². The number of benzene rings is 2. The van der Waals surface area contributed by atoms with Crippen LogP contribution >= 0.6 is 0 Å². The highest BCUT2D eigenvalue weighted by molar-refractivity contribution is 7.90. The number of carbonyl (C=O) groups is 1. The molecular formula is C21H25N3O4S. The van der Waals surface area contributed by atoms with Crippen LogP contribution in [0.2, 0.25) is 0 Å². The summed E-state index contributed by atoms with van der Waals surface area (Å²) in [6, 6.07) is 11.7. The van der Waals surface area contributed by atoms with Crippen molar-refractivity contribution < 1.29 is 17.9 Å². The van der Waals surface area contributed by atoms with Gasteiger partial charge >= 0.3 is 0 Å². The predicted molar refractivity (Wildman–Crippen MR) is 114 cm³/mol. The van der Waals surface area contributed by atoms with Crippen LogP contribution in [-0.2, 0) is 10.0 Å². The second kappa shape index (κ2) is 8.24. The molecule has 0 bridgehead atoms. The van der Waals surface area contributed by atoms with Gasteiger partial charge in [0.15, 0.2) is 0 Å². The molecule has 29 heavy (non-hydrogen) atoms. The molecule has 0 radical (unpaired) electrons. The summed E-state index contributed by atoms with van der Waals surface area (Å²) in [5, 5.41) is 2.78. The molecule has 2 aromatic carbocycles. The van der Waals surface area contributed by atoms with E-state index in [1.54, 1.807) is 43.3 Å². The molecule has 0 atom stereocenters. The summed E-state index contributed by atoms with van der Waals surface area (Å²) in [5.74, 6) is 1.06. The maximum Gasteiger partial charge on any atom is 0.286 e. The summed E-state index contributed by atoms with van der Waals surface area (Å²) in [4.78, 5) is 14.6. The molecule has 0 spiro atoms. The Hall–Kier alpha value is -2.87. The lowest BCUT2D eigenvalue weighted by Crippen LogP contribution is -2.36. The largest absolute Gasteiger partial charge is 0.494 e. The fraction of sp³-hybridized carbons (Fsp3) is 0.333. The van der Waals surface area contributed by atoms with E-state index >= 15 is 0 Å². The number of nitrogens with one attached hydrogen (secondary N) is 1. The average Bonchev–Trinajstić information content (AvgIpc) is 2.66. The van der Waals surface area contributed by atoms with Crippen molar-refractivity contribution in [2.45, 2.75) is 32.6 Å². The van der Waals surface area contributed by atoms with Crippen LogP contribution < -0.4 is 15.0 Å². The third kappa shape index (κ3) is 4.59. The number of amidine groups is 1. The van der Waals surface area contributed by atoms with Crippen molar-refractivity contribution in [3.63, 3.8) is 0 Å². The van der Waals surface area contributed by atoms with Gasteiger partial charge in [-0.05, 0) is 62.2 Å². The maximum atomic E-state index is 12.7. The Morgan fingerprint density at radius 1 is 1.17 bits per heavy atom. The van der Waals surface area contributed by atoms with Gasteiger partial charge in [0.05, 0.1) is 12.3 Å². The molecule has 1 N–H and O–H groups in total. The topological polar surface area (TPSA) is 88.1 Å². The summed E-state index contributed by atoms with van der Waals surface area (Å²) in [6.07, 6.45) is 0. The van der Waals surface area contributed by atoms with Gasteiger partial charge in [-0.25, -0.2) is 0 Å². The fourth-order valence-corrected chi connectivity index (χ4v) is 4.39. The molecule has 1 amide bonds. The minimum absolute atomic E-state index is 0.0445. The summed E-state index contributed by atoms with van der Waals surface area (Å²) in [5.41, 5.74) is 1.39. The third-order valence-corrected chi connectivity index (χ3v) is 5.79. The van der Waals surface area contributed by atoms with E-state index in [0.29, 0.717) is 42.0 Å². The molecule has 0 aromatic heterocycles. The van der Waals surface area contributed by atoms with Gasteiger partial charge in [-0.1, -0.05) is 13.8 Å². The van der Waals surface area contributed by atoms with E-state index in [1.165, 1.54) is 6.07 Å². The number of carbonyl (C=O) groups excluding carboxylic acids is 1. The number of hydrogen-bond acceptors (Lipinski definition) is 5. The van der Waals surface area contributed by atoms with Gasteiger partial charge < -0.3 is 15.0 Å². The molecule has 1 aliphatic rings. The first kappa shape index (κ1) is 20.9. The maximum absolute atomic E-state index is 12.7. The lowest BCUT2D eigenvalue weighted by Gasteiger charge is -2.30. The van der Waals surface area contributed by atoms with E-state index in [-0.39, 0.29) is 10.5 Å². The monoisotopic (exact) mass is 415 g/mol. The van der Waals surface area contributed by atoms with Crippen LogP contribution in [0.15, 0.2) is 51.8 Å². The standard InChI is InChI=1S/C21H25N3O4S/c1-5-28-18-9-7-17(8-10-18)22-21(25)16-6-11-19-20(12-16)29(26,27)23-15(4)24(19)13-14(2)3/h6-12,14H,5,13H2,1-4H3,(H,22,25). The van der Waals surface area contributed by atoms with E-state index in [9.17, 15) is 13.2 Å². The minimum atomic E-state index is -3.85. The molecule has 0 saturated heterocycles. The molecule has 0 saturated carbocycles. The Labute approximate surface area is 171 Å². The molecule has 7 nitrogen and oxygen atoms in total. The Kier molecular flexibility index (Phi) is 5.93. The lowest BCUT2D eigenvalue weighted by atomic mass is 10.1. The summed E-state index contributed by atoms with van der Waals surface area (Å²) < 4.78 is 34.4. The van der Waals surface area contributed by atoms with E-state index in [4.69, 9.17) is 4.74 Å². The van der Waals surface area contributed by atoms with Gasteiger partial charge in [0.25, 0.3) is 15.9 Å². The van der Waals surface area contributed by atoms with Gasteiger partial charge in [-0.15, -0.1) is 4.40 Å². The Morgan fingerprint density at radius 3 is 2.48 bits per heavy atom. The molecule has 2 aromatic rings. The third-order valence-electron chi connectivity index (χ3n) is 4.40. The zero-order valence-electron chi connectivity index (χ0n) is 17.0. The van der Waals surface area contributed by atoms with Crippen LogP contribution in [0.3, 0.4) is 0 Å². The average molecular weight is 416 g/mol. The smallest absolute Gasteiger partial charge is 0.286 e. The lowest BCUT2D eigenvalue weighted by molar-refractivity contribution is 0.102. The molecule has 0 aliphatic carbocycles. The van der Waals surface area contributed by atoms with E-state index < -0.39 is 15.9 Å². The van der Waals surface area contributed by atoms with Crippen LogP contribution in [0.1, 0.15) is 38.1 Å². The zero-order chi connectivity index (χ0) is 21.2. The first-order valence-electron chi connectivity index (χ1n) is 9.48. The van der Waals surface area contributed by atoms with Crippen molar-refractivity contribution in [2.75, 3.05) is 23.4 Å². The van der Waals surface area contributed by atoms with Crippen molar-refractivity contribution in [3.05, 3.63) is 48.0 Å². The number of anilines is 2. The Morgan fingerprint density at radius 2 is 1.86 bits per heavy atom. The fourth-order valence-electron chi connectivity index (χ4n) is 3.13. The number of rotatable bonds is 6. The second-order valence-electron chi connectivity index (χ2n) is 7.21. The van der Waals surface area contributed by atoms with E-state index in [2.05, 4.69) is 23.6 Å². The van der Waals surface area contributed by atoms with E-state index in [0.717, 1.165) is 0 Å². The van der Waals surface area contributed by atoms with E-state index in [1.807, 2.05) is 11.8 Å². The van der Waals surface area contributed by atoms with Gasteiger partial charge in [0.2, 0.25) is 0 Å². The number of ether oxygens (including phenoxy) is 1. The number of hydrogen-bond donors (Lipinski definition) is 1. The van der Waals surface area contributed by atoms with Crippen LogP contribution in [0.5, 0.6) is 5.75 Å². The van der Waals surface area contributed by atoms with Gasteiger partial charge in [-0.2, -0.15) is 8.42 Å². The highest BCUT2D eigenvalue weighted by Crippen LogP contribution is 2.33. The molecular weight excluding hydrogens is 390 g/mol. The van der Waals surface area contributed by atoms with Crippen molar-refractivity contribution in [1.82, 2.24) is 0 Å². The Balaban J connectivity index is 1.88.